The second-order valence-corrected chi connectivity index (χ2v) is 5.26. The second-order valence-electron chi connectivity index (χ2n) is 5.26. The van der Waals surface area contributed by atoms with Gasteiger partial charge in [-0.15, -0.1) is 0 Å². The van der Waals surface area contributed by atoms with Crippen LogP contribution in [0.2, 0.25) is 0 Å². The van der Waals surface area contributed by atoms with Gasteiger partial charge in [-0.05, 0) is 44.1 Å². The summed E-state index contributed by atoms with van der Waals surface area (Å²) in [6.07, 6.45) is 2.50. The number of carbonyl (C=O) groups is 1. The lowest BCUT2D eigenvalue weighted by molar-refractivity contribution is -0.119. The predicted molar refractivity (Wildman–Crippen MR) is 78.5 cm³/mol. The smallest absolute Gasteiger partial charge is 0.255 e. The quantitative estimate of drug-likeness (QED) is 0.804. The van der Waals surface area contributed by atoms with Crippen molar-refractivity contribution in [2.45, 2.75) is 25.4 Å². The Bertz CT molecular complexity index is 433. The third kappa shape index (κ3) is 4.51. The zero-order valence-electron chi connectivity index (χ0n) is 12.0. The van der Waals surface area contributed by atoms with Crippen molar-refractivity contribution >= 4 is 5.91 Å². The molecule has 1 saturated heterocycles. The Kier molecular flexibility index (Phi) is 5.38. The molecule has 1 unspecified atom stereocenters. The number of piperidine rings is 1. The normalized spacial score (nSPS) is 19.8. The lowest BCUT2D eigenvalue weighted by Crippen LogP contribution is -2.43. The summed E-state index contributed by atoms with van der Waals surface area (Å²) in [5.41, 5.74) is 6.30. The van der Waals surface area contributed by atoms with E-state index in [1.165, 1.54) is 18.4 Å². The van der Waals surface area contributed by atoms with E-state index in [0.717, 1.165) is 19.6 Å². The molecule has 0 aliphatic carbocycles. The van der Waals surface area contributed by atoms with Crippen LogP contribution in [0.3, 0.4) is 0 Å². The SMILES string of the molecule is CNC1CCCN(Cc2ccc(OCC(N)=O)cc2)C1. The molecule has 1 aliphatic heterocycles. The van der Waals surface area contributed by atoms with Crippen molar-refractivity contribution in [3.05, 3.63) is 29.8 Å². The standard InChI is InChI=1S/C15H23N3O2/c1-17-13-3-2-8-18(10-13)9-12-4-6-14(7-5-12)20-11-15(16)19/h4-7,13,17H,2-3,8-11H2,1H3,(H2,16,19). The summed E-state index contributed by atoms with van der Waals surface area (Å²) in [6.45, 7) is 3.12. The highest BCUT2D eigenvalue weighted by molar-refractivity contribution is 5.75. The molecule has 20 heavy (non-hydrogen) atoms. The van der Waals surface area contributed by atoms with Crippen LogP contribution in [0.15, 0.2) is 24.3 Å². The number of nitrogens with zero attached hydrogens (tertiary/aromatic N) is 1. The monoisotopic (exact) mass is 277 g/mol. The van der Waals surface area contributed by atoms with E-state index < -0.39 is 5.91 Å². The molecule has 3 N–H and O–H groups in total. The van der Waals surface area contributed by atoms with E-state index in [9.17, 15) is 4.79 Å². The van der Waals surface area contributed by atoms with E-state index in [-0.39, 0.29) is 6.61 Å². The first-order valence-corrected chi connectivity index (χ1v) is 7.07. The minimum atomic E-state index is -0.458. The van der Waals surface area contributed by atoms with Gasteiger partial charge in [-0.25, -0.2) is 0 Å². The van der Waals surface area contributed by atoms with Crippen molar-refractivity contribution in [2.24, 2.45) is 5.73 Å². The van der Waals surface area contributed by atoms with Crippen LogP contribution < -0.4 is 15.8 Å². The molecule has 0 spiro atoms. The zero-order valence-corrected chi connectivity index (χ0v) is 12.0. The Hall–Kier alpha value is -1.59. The number of benzene rings is 1. The molecule has 1 heterocycles. The van der Waals surface area contributed by atoms with E-state index in [1.54, 1.807) is 0 Å². The van der Waals surface area contributed by atoms with Gasteiger partial charge in [0.15, 0.2) is 6.61 Å². The average molecular weight is 277 g/mol. The summed E-state index contributed by atoms with van der Waals surface area (Å²) >= 11 is 0. The number of nitrogens with two attached hydrogens (primary N) is 1. The molecular formula is C15H23N3O2. The van der Waals surface area contributed by atoms with Gasteiger partial charge in [0.05, 0.1) is 0 Å². The van der Waals surface area contributed by atoms with Gasteiger partial charge >= 0.3 is 0 Å². The topological polar surface area (TPSA) is 67.6 Å². The Morgan fingerprint density at radius 2 is 2.20 bits per heavy atom. The van der Waals surface area contributed by atoms with Crippen LogP contribution in [-0.2, 0) is 11.3 Å². The lowest BCUT2D eigenvalue weighted by Gasteiger charge is -2.32. The fourth-order valence-electron chi connectivity index (χ4n) is 2.54. The Balaban J connectivity index is 1.85. The summed E-state index contributed by atoms with van der Waals surface area (Å²) < 4.78 is 5.25. The first kappa shape index (κ1) is 14.8. The van der Waals surface area contributed by atoms with Crippen LogP contribution in [0.25, 0.3) is 0 Å². The zero-order chi connectivity index (χ0) is 14.4. The van der Waals surface area contributed by atoms with E-state index in [0.29, 0.717) is 11.8 Å². The number of hydrogen-bond acceptors (Lipinski definition) is 4. The Morgan fingerprint density at radius 1 is 1.45 bits per heavy atom. The largest absolute Gasteiger partial charge is 0.484 e. The van der Waals surface area contributed by atoms with Crippen LogP contribution in [0, 0.1) is 0 Å². The fraction of sp³-hybridized carbons (Fsp3) is 0.533. The highest BCUT2D eigenvalue weighted by atomic mass is 16.5. The van der Waals surface area contributed by atoms with Crippen molar-refractivity contribution in [1.29, 1.82) is 0 Å². The number of ether oxygens (including phenoxy) is 1. The van der Waals surface area contributed by atoms with E-state index in [2.05, 4.69) is 10.2 Å². The molecule has 1 aromatic carbocycles. The molecule has 0 radical (unpaired) electrons. The molecule has 0 saturated carbocycles. The molecule has 110 valence electrons. The Morgan fingerprint density at radius 3 is 2.85 bits per heavy atom. The molecule has 1 aromatic rings. The summed E-state index contributed by atoms with van der Waals surface area (Å²) in [6, 6.07) is 8.45. The van der Waals surface area contributed by atoms with Gasteiger partial charge in [0.1, 0.15) is 5.75 Å². The van der Waals surface area contributed by atoms with E-state index in [1.807, 2.05) is 31.3 Å². The van der Waals surface area contributed by atoms with Crippen molar-refractivity contribution in [2.75, 3.05) is 26.7 Å². The third-order valence-electron chi connectivity index (χ3n) is 3.62. The molecular weight excluding hydrogens is 254 g/mol. The van der Waals surface area contributed by atoms with Gasteiger partial charge in [-0.2, -0.15) is 0 Å². The van der Waals surface area contributed by atoms with Crippen LogP contribution in [0.4, 0.5) is 0 Å². The van der Waals surface area contributed by atoms with Crippen LogP contribution >= 0.6 is 0 Å². The van der Waals surface area contributed by atoms with Crippen molar-refractivity contribution in [3.8, 4) is 5.75 Å². The number of rotatable bonds is 6. The number of amides is 1. The minimum absolute atomic E-state index is 0.0741. The van der Waals surface area contributed by atoms with Gasteiger partial charge in [-0.3, -0.25) is 9.69 Å². The molecule has 0 bridgehead atoms. The molecule has 1 fully saturated rings. The first-order valence-electron chi connectivity index (χ1n) is 7.07. The van der Waals surface area contributed by atoms with E-state index in [4.69, 9.17) is 10.5 Å². The molecule has 0 aromatic heterocycles. The van der Waals surface area contributed by atoms with Gasteiger partial charge in [0.25, 0.3) is 5.91 Å². The van der Waals surface area contributed by atoms with Gasteiger partial charge in [0.2, 0.25) is 0 Å². The molecule has 1 amide bonds. The predicted octanol–water partition coefficient (Wildman–Crippen LogP) is 0.735. The lowest BCUT2D eigenvalue weighted by atomic mass is 10.1. The first-order chi connectivity index (χ1) is 9.67. The van der Waals surface area contributed by atoms with Crippen molar-refractivity contribution in [3.63, 3.8) is 0 Å². The van der Waals surface area contributed by atoms with Crippen molar-refractivity contribution in [1.82, 2.24) is 10.2 Å². The molecule has 1 atom stereocenters. The summed E-state index contributed by atoms with van der Waals surface area (Å²) in [5, 5.41) is 3.35. The highest BCUT2D eigenvalue weighted by Crippen LogP contribution is 2.16. The number of likely N-dealkylation sites (N-methyl/N-ethyl adjacent to an activating group) is 1. The van der Waals surface area contributed by atoms with Crippen LogP contribution in [-0.4, -0.2) is 43.6 Å². The third-order valence-corrected chi connectivity index (χ3v) is 3.62. The maximum atomic E-state index is 10.6. The number of likely N-dealkylation sites (tertiary alicyclic amines) is 1. The van der Waals surface area contributed by atoms with Crippen LogP contribution in [0.1, 0.15) is 18.4 Å². The fourth-order valence-corrected chi connectivity index (χ4v) is 2.54. The molecule has 5 heteroatoms. The summed E-state index contributed by atoms with van der Waals surface area (Å²) in [4.78, 5) is 13.1. The van der Waals surface area contributed by atoms with Gasteiger partial charge in [0, 0.05) is 19.1 Å². The summed E-state index contributed by atoms with van der Waals surface area (Å²) in [5.74, 6) is 0.222. The molecule has 1 aliphatic rings. The highest BCUT2D eigenvalue weighted by Gasteiger charge is 2.18. The number of primary amides is 1. The van der Waals surface area contributed by atoms with E-state index >= 15 is 0 Å². The van der Waals surface area contributed by atoms with Crippen LogP contribution in [0.5, 0.6) is 5.75 Å². The number of carbonyl (C=O) groups excluding carboxylic acids is 1. The number of nitrogens with one attached hydrogen (secondary N) is 1. The Labute approximate surface area is 120 Å². The maximum absolute atomic E-state index is 10.6. The second kappa shape index (κ2) is 7.26. The van der Waals surface area contributed by atoms with Crippen molar-refractivity contribution < 1.29 is 9.53 Å². The molecule has 5 nitrogen and oxygen atoms in total. The minimum Gasteiger partial charge on any atom is -0.484 e. The summed E-state index contributed by atoms with van der Waals surface area (Å²) in [7, 11) is 2.03. The van der Waals surface area contributed by atoms with Gasteiger partial charge < -0.3 is 15.8 Å². The van der Waals surface area contributed by atoms with Gasteiger partial charge in [-0.1, -0.05) is 12.1 Å². The number of hydrogen-bond donors (Lipinski definition) is 2. The maximum Gasteiger partial charge on any atom is 0.255 e. The average Bonchev–Trinajstić information content (AvgIpc) is 2.47. The molecule has 2 rings (SSSR count).